The van der Waals surface area contributed by atoms with E-state index >= 15 is 0 Å². The normalized spacial score (nSPS) is 17.9. The number of morpholine rings is 1. The average molecular weight is 573 g/mol. The van der Waals surface area contributed by atoms with E-state index < -0.39 is 10.0 Å². The second kappa shape index (κ2) is 12.3. The zero-order chi connectivity index (χ0) is 27.4. The van der Waals surface area contributed by atoms with E-state index in [1.165, 1.54) is 15.6 Å². The van der Waals surface area contributed by atoms with Gasteiger partial charge in [-0.2, -0.15) is 4.31 Å². The summed E-state index contributed by atoms with van der Waals surface area (Å²) in [4.78, 5) is 23.2. The van der Waals surface area contributed by atoms with Crippen LogP contribution in [0.5, 0.6) is 5.75 Å². The highest BCUT2D eigenvalue weighted by molar-refractivity contribution is 7.89. The fourth-order valence-electron chi connectivity index (χ4n) is 5.14. The number of piperidine rings is 1. The van der Waals surface area contributed by atoms with E-state index in [0.717, 1.165) is 60.8 Å². The molecule has 2 aromatic carbocycles. The third-order valence-electron chi connectivity index (χ3n) is 7.50. The topological polar surface area (TPSA) is 92.3 Å². The average Bonchev–Trinajstić information content (AvgIpc) is 3.39. The summed E-state index contributed by atoms with van der Waals surface area (Å²) in [6.07, 6.45) is 1.80. The number of carbonyl (C=O) groups excluding carboxylic acids is 1. The number of hydrogen-bond acceptors (Lipinski definition) is 8. The zero-order valence-electron chi connectivity index (χ0n) is 22.5. The van der Waals surface area contributed by atoms with Gasteiger partial charge in [0.2, 0.25) is 15.9 Å². The number of anilines is 1. The Kier molecular flexibility index (Phi) is 8.82. The number of aryl methyl sites for hydroxylation is 1. The molecule has 2 aliphatic heterocycles. The highest BCUT2D eigenvalue weighted by Crippen LogP contribution is 2.33. The number of carbonyl (C=O) groups is 1. The highest BCUT2D eigenvalue weighted by Gasteiger charge is 2.35. The van der Waals surface area contributed by atoms with Crippen LogP contribution in [0.1, 0.15) is 24.8 Å². The molecule has 1 aromatic heterocycles. The number of rotatable bonds is 9. The number of methoxy groups -OCH3 is 1. The SMILES string of the molecule is COc1ccc2sc(N(CCCN3CCOCC3)C(=O)C3CCN(S(=O)(=O)c4ccc(C)cc4)CC3)nc2c1. The second-order valence-electron chi connectivity index (χ2n) is 10.1. The van der Waals surface area contributed by atoms with Crippen LogP contribution in [0.2, 0.25) is 0 Å². The third-order valence-corrected chi connectivity index (χ3v) is 10.5. The molecule has 0 unspecified atom stereocenters. The van der Waals surface area contributed by atoms with Gasteiger partial charge in [-0.3, -0.25) is 14.6 Å². The fourth-order valence-corrected chi connectivity index (χ4v) is 7.58. The van der Waals surface area contributed by atoms with Crippen molar-refractivity contribution in [3.63, 3.8) is 0 Å². The van der Waals surface area contributed by atoms with Crippen molar-refractivity contribution in [1.29, 1.82) is 0 Å². The number of thiazole rings is 1. The number of benzene rings is 2. The van der Waals surface area contributed by atoms with Gasteiger partial charge in [-0.05, 0) is 50.5 Å². The molecule has 210 valence electrons. The van der Waals surface area contributed by atoms with Gasteiger partial charge in [-0.25, -0.2) is 13.4 Å². The lowest BCUT2D eigenvalue weighted by molar-refractivity contribution is -0.123. The first-order valence-corrected chi connectivity index (χ1v) is 15.7. The molecule has 0 spiro atoms. The van der Waals surface area contributed by atoms with Crippen LogP contribution in [0.3, 0.4) is 0 Å². The summed E-state index contributed by atoms with van der Waals surface area (Å²) >= 11 is 1.50. The van der Waals surface area contributed by atoms with E-state index in [-0.39, 0.29) is 11.8 Å². The maximum absolute atomic E-state index is 13.9. The molecular weight excluding hydrogens is 536 g/mol. The van der Waals surface area contributed by atoms with Gasteiger partial charge in [-0.1, -0.05) is 29.0 Å². The zero-order valence-corrected chi connectivity index (χ0v) is 24.2. The standard InChI is InChI=1S/C28H36N4O5S2/c1-21-4-7-24(8-5-21)39(34,35)31-14-10-22(11-15-31)27(33)32(13-3-12-30-16-18-37-19-17-30)28-29-25-20-23(36-2)6-9-26(25)38-28/h4-9,20,22H,3,10-19H2,1-2H3. The van der Waals surface area contributed by atoms with Gasteiger partial charge in [-0.15, -0.1) is 0 Å². The first-order chi connectivity index (χ1) is 18.8. The molecule has 0 aliphatic carbocycles. The van der Waals surface area contributed by atoms with Gasteiger partial charge in [0.15, 0.2) is 5.13 Å². The molecular formula is C28H36N4O5S2. The summed E-state index contributed by atoms with van der Waals surface area (Å²) in [5.41, 5.74) is 1.82. The number of hydrogen-bond donors (Lipinski definition) is 0. The molecule has 1 amide bonds. The largest absolute Gasteiger partial charge is 0.497 e. The molecule has 2 aliphatic rings. The monoisotopic (exact) mass is 572 g/mol. The molecule has 2 fully saturated rings. The maximum Gasteiger partial charge on any atom is 0.243 e. The van der Waals surface area contributed by atoms with Crippen LogP contribution in [-0.2, 0) is 19.6 Å². The van der Waals surface area contributed by atoms with Crippen LogP contribution in [0.25, 0.3) is 10.2 Å². The molecule has 39 heavy (non-hydrogen) atoms. The van der Waals surface area contributed by atoms with Crippen molar-refractivity contribution in [2.24, 2.45) is 5.92 Å². The summed E-state index contributed by atoms with van der Waals surface area (Å²) in [6, 6.07) is 12.7. The molecule has 2 saturated heterocycles. The van der Waals surface area contributed by atoms with E-state index in [1.807, 2.05) is 42.2 Å². The molecule has 0 radical (unpaired) electrons. The lowest BCUT2D eigenvalue weighted by atomic mass is 9.96. The number of nitrogens with zero attached hydrogens (tertiary/aromatic N) is 4. The fraction of sp³-hybridized carbons (Fsp3) is 0.500. The lowest BCUT2D eigenvalue weighted by Gasteiger charge is -2.33. The lowest BCUT2D eigenvalue weighted by Crippen LogP contribution is -2.45. The van der Waals surface area contributed by atoms with Crippen molar-refractivity contribution >= 4 is 42.6 Å². The van der Waals surface area contributed by atoms with Crippen molar-refractivity contribution < 1.29 is 22.7 Å². The number of amides is 1. The van der Waals surface area contributed by atoms with Gasteiger partial charge in [0, 0.05) is 51.3 Å². The molecule has 3 heterocycles. The molecule has 11 heteroatoms. The van der Waals surface area contributed by atoms with E-state index in [1.54, 1.807) is 19.2 Å². The smallest absolute Gasteiger partial charge is 0.243 e. The Morgan fingerprint density at radius 2 is 1.82 bits per heavy atom. The van der Waals surface area contributed by atoms with Crippen LogP contribution in [0.4, 0.5) is 5.13 Å². The molecule has 0 atom stereocenters. The summed E-state index contributed by atoms with van der Waals surface area (Å²) in [5.74, 6) is 0.501. The van der Waals surface area contributed by atoms with Crippen LogP contribution in [-0.4, -0.2) is 88.1 Å². The Morgan fingerprint density at radius 1 is 1.10 bits per heavy atom. The van der Waals surface area contributed by atoms with Gasteiger partial charge in [0.05, 0.1) is 35.4 Å². The Balaban J connectivity index is 1.30. The van der Waals surface area contributed by atoms with E-state index in [2.05, 4.69) is 4.90 Å². The van der Waals surface area contributed by atoms with Crippen molar-refractivity contribution in [2.75, 3.05) is 64.5 Å². The van der Waals surface area contributed by atoms with Crippen LogP contribution < -0.4 is 9.64 Å². The van der Waals surface area contributed by atoms with E-state index in [9.17, 15) is 13.2 Å². The van der Waals surface area contributed by atoms with Crippen LogP contribution in [0, 0.1) is 12.8 Å². The number of sulfonamides is 1. The number of aromatic nitrogens is 1. The van der Waals surface area contributed by atoms with Crippen LogP contribution in [0.15, 0.2) is 47.4 Å². The van der Waals surface area contributed by atoms with Gasteiger partial charge < -0.3 is 9.47 Å². The minimum atomic E-state index is -3.58. The summed E-state index contributed by atoms with van der Waals surface area (Å²) in [7, 11) is -1.95. The molecule has 0 bridgehead atoms. The third kappa shape index (κ3) is 6.44. The first-order valence-electron chi connectivity index (χ1n) is 13.5. The summed E-state index contributed by atoms with van der Waals surface area (Å²) < 4.78 is 39.7. The highest BCUT2D eigenvalue weighted by atomic mass is 32.2. The van der Waals surface area contributed by atoms with E-state index in [0.29, 0.717) is 42.5 Å². The Hall–Kier alpha value is -2.57. The Bertz CT molecular complexity index is 1380. The van der Waals surface area contributed by atoms with Crippen molar-refractivity contribution in [3.8, 4) is 5.75 Å². The molecule has 9 nitrogen and oxygen atoms in total. The van der Waals surface area contributed by atoms with Gasteiger partial charge in [0.25, 0.3) is 0 Å². The molecule has 0 saturated carbocycles. The molecule has 3 aromatic rings. The minimum Gasteiger partial charge on any atom is -0.497 e. The molecule has 5 rings (SSSR count). The summed E-state index contributed by atoms with van der Waals surface area (Å²) in [6.45, 7) is 7.33. The van der Waals surface area contributed by atoms with Gasteiger partial charge >= 0.3 is 0 Å². The quantitative estimate of drug-likeness (QED) is 0.386. The predicted molar refractivity (Wildman–Crippen MR) is 153 cm³/mol. The number of fused-ring (bicyclic) bond motifs is 1. The van der Waals surface area contributed by atoms with Gasteiger partial charge in [0.1, 0.15) is 5.75 Å². The minimum absolute atomic E-state index is 0.0235. The Labute approximate surface area is 234 Å². The van der Waals surface area contributed by atoms with Crippen molar-refractivity contribution in [2.45, 2.75) is 31.1 Å². The number of ether oxygens (including phenoxy) is 2. The summed E-state index contributed by atoms with van der Waals surface area (Å²) in [5, 5.41) is 0.680. The van der Waals surface area contributed by atoms with Crippen LogP contribution >= 0.6 is 11.3 Å². The van der Waals surface area contributed by atoms with E-state index in [4.69, 9.17) is 14.5 Å². The second-order valence-corrected chi connectivity index (χ2v) is 13.1. The van der Waals surface area contributed by atoms with Crippen molar-refractivity contribution in [3.05, 3.63) is 48.0 Å². The Morgan fingerprint density at radius 3 is 2.51 bits per heavy atom. The first kappa shape index (κ1) is 28.0. The molecule has 0 N–H and O–H groups in total. The van der Waals surface area contributed by atoms with Crippen molar-refractivity contribution in [1.82, 2.24) is 14.2 Å². The maximum atomic E-state index is 13.9. The predicted octanol–water partition coefficient (Wildman–Crippen LogP) is 3.77.